The molecule has 2 amide bonds. The number of aromatic nitrogens is 3. The van der Waals surface area contributed by atoms with E-state index in [1.165, 1.54) is 16.7 Å². The van der Waals surface area contributed by atoms with Crippen molar-refractivity contribution in [2.75, 3.05) is 49.5 Å². The first-order chi connectivity index (χ1) is 21.9. The van der Waals surface area contributed by atoms with E-state index in [4.69, 9.17) is 9.97 Å². The second kappa shape index (κ2) is 12.7. The van der Waals surface area contributed by atoms with Gasteiger partial charge in [0.2, 0.25) is 11.9 Å². The predicted molar refractivity (Wildman–Crippen MR) is 171 cm³/mol. The number of β-amino-alcohol motifs (C(OH)–C–C–N with tert-alkyl or cyclic N) is 1. The number of aliphatic hydroxyl groups is 1. The van der Waals surface area contributed by atoms with Crippen LogP contribution in [0.5, 0.6) is 0 Å². The molecular weight excluding hydrogens is 568 g/mol. The fourth-order valence-corrected chi connectivity index (χ4v) is 7.33. The van der Waals surface area contributed by atoms with Crippen molar-refractivity contribution in [2.45, 2.75) is 70.3 Å². The Morgan fingerprint density at radius 1 is 0.867 bits per heavy atom. The van der Waals surface area contributed by atoms with Gasteiger partial charge in [0.1, 0.15) is 11.5 Å². The molecule has 6 heterocycles. The highest BCUT2D eigenvalue weighted by atomic mass is 16.3. The standard InChI is InChI=1S/C34H42N8O3/c1-23(43)39-16-10-27(11-17-39)36-32-19-28(37-34(38-32)42-15-9-25-7-4-13-35-29(25)21-42)33(45)41-18-12-30(31(44)22-41)40-14-8-24-5-2-3-6-26(24)20-40/h2-7,13,19,27,30-31,44H,8-12,14-18,20-22H2,1H3,(H,36,37,38)/t30-,31-/m1/s1. The van der Waals surface area contributed by atoms with Crippen molar-refractivity contribution in [3.63, 3.8) is 0 Å². The third-order valence-electron chi connectivity index (χ3n) is 9.95. The van der Waals surface area contributed by atoms with Crippen LogP contribution in [0.3, 0.4) is 0 Å². The molecule has 1 aromatic carbocycles. The highest BCUT2D eigenvalue weighted by Crippen LogP contribution is 2.28. The molecule has 11 heteroatoms. The monoisotopic (exact) mass is 610 g/mol. The van der Waals surface area contributed by atoms with Crippen LogP contribution < -0.4 is 10.2 Å². The Kier molecular flexibility index (Phi) is 8.37. The highest BCUT2D eigenvalue weighted by Gasteiger charge is 2.36. The van der Waals surface area contributed by atoms with Gasteiger partial charge in [-0.1, -0.05) is 30.3 Å². The quantitative estimate of drug-likeness (QED) is 0.449. The van der Waals surface area contributed by atoms with Gasteiger partial charge in [-0.3, -0.25) is 19.5 Å². The van der Waals surface area contributed by atoms with E-state index >= 15 is 0 Å². The first-order valence-electron chi connectivity index (χ1n) is 16.3. The SMILES string of the molecule is CC(=O)N1CCC(Nc2cc(C(=O)N3CC[C@@H](N4CCc5ccccc5C4)[C@H](O)C3)nc(N3CCc4cccnc4C3)n2)CC1. The molecule has 4 aliphatic heterocycles. The minimum absolute atomic E-state index is 0.0161. The summed E-state index contributed by atoms with van der Waals surface area (Å²) >= 11 is 0. The number of amides is 2. The minimum atomic E-state index is -0.636. The Bertz CT molecular complexity index is 1560. The average molecular weight is 611 g/mol. The Hall–Kier alpha value is -4.09. The topological polar surface area (TPSA) is 118 Å². The molecule has 0 saturated carbocycles. The molecule has 2 N–H and O–H groups in total. The number of carbonyl (C=O) groups excluding carboxylic acids is 2. The molecule has 2 atom stereocenters. The molecule has 4 aliphatic rings. The predicted octanol–water partition coefficient (Wildman–Crippen LogP) is 2.49. The lowest BCUT2D eigenvalue weighted by Gasteiger charge is -2.43. The van der Waals surface area contributed by atoms with Crippen LogP contribution >= 0.6 is 0 Å². The summed E-state index contributed by atoms with van der Waals surface area (Å²) in [6.45, 7) is 6.88. The zero-order valence-corrected chi connectivity index (χ0v) is 25.9. The second-order valence-electron chi connectivity index (χ2n) is 12.8. The molecule has 11 nitrogen and oxygen atoms in total. The molecule has 0 radical (unpaired) electrons. The Morgan fingerprint density at radius 3 is 2.42 bits per heavy atom. The number of nitrogens with zero attached hydrogens (tertiary/aromatic N) is 7. The van der Waals surface area contributed by atoms with Crippen molar-refractivity contribution < 1.29 is 14.7 Å². The lowest BCUT2D eigenvalue weighted by Crippen LogP contribution is -2.56. The van der Waals surface area contributed by atoms with Crippen molar-refractivity contribution in [1.82, 2.24) is 29.7 Å². The fourth-order valence-electron chi connectivity index (χ4n) is 7.33. The lowest BCUT2D eigenvalue weighted by molar-refractivity contribution is -0.129. The first kappa shape index (κ1) is 29.6. The Morgan fingerprint density at radius 2 is 1.62 bits per heavy atom. The van der Waals surface area contributed by atoms with Crippen LogP contribution in [0, 0.1) is 0 Å². The zero-order chi connectivity index (χ0) is 30.9. The molecule has 2 fully saturated rings. The van der Waals surface area contributed by atoms with Crippen LogP contribution in [0.15, 0.2) is 48.7 Å². The number of nitrogens with one attached hydrogen (secondary N) is 1. The van der Waals surface area contributed by atoms with Crippen LogP contribution in [-0.2, 0) is 30.7 Å². The van der Waals surface area contributed by atoms with Crippen LogP contribution in [0.25, 0.3) is 0 Å². The van der Waals surface area contributed by atoms with Crippen LogP contribution in [0.2, 0.25) is 0 Å². The lowest BCUT2D eigenvalue weighted by atomic mass is 9.94. The summed E-state index contributed by atoms with van der Waals surface area (Å²) in [6, 6.07) is 14.5. The normalized spacial score (nSPS) is 22.5. The van der Waals surface area contributed by atoms with E-state index in [2.05, 4.69) is 50.4 Å². The van der Waals surface area contributed by atoms with Gasteiger partial charge in [-0.25, -0.2) is 4.98 Å². The van der Waals surface area contributed by atoms with E-state index in [-0.39, 0.29) is 30.4 Å². The van der Waals surface area contributed by atoms with E-state index in [0.29, 0.717) is 50.1 Å². The molecule has 3 aromatic rings. The number of anilines is 2. The van der Waals surface area contributed by atoms with Gasteiger partial charge in [-0.05, 0) is 54.9 Å². The van der Waals surface area contributed by atoms with Crippen LogP contribution in [0.1, 0.15) is 59.1 Å². The van der Waals surface area contributed by atoms with E-state index in [1.54, 1.807) is 24.1 Å². The van der Waals surface area contributed by atoms with Crippen LogP contribution in [-0.4, -0.2) is 104 Å². The van der Waals surface area contributed by atoms with Gasteiger partial charge in [-0.2, -0.15) is 4.98 Å². The summed E-state index contributed by atoms with van der Waals surface area (Å²) in [5, 5.41) is 14.8. The maximum atomic E-state index is 14.0. The van der Waals surface area contributed by atoms with Gasteiger partial charge in [0, 0.05) is 77.1 Å². The number of fused-ring (bicyclic) bond motifs is 2. The van der Waals surface area contributed by atoms with Crippen molar-refractivity contribution in [3.8, 4) is 0 Å². The van der Waals surface area contributed by atoms with Gasteiger partial charge in [0.05, 0.1) is 18.3 Å². The molecule has 2 aromatic heterocycles. The zero-order valence-electron chi connectivity index (χ0n) is 25.9. The summed E-state index contributed by atoms with van der Waals surface area (Å²) in [7, 11) is 0. The fraction of sp³-hybridized carbons (Fsp3) is 0.500. The number of pyridine rings is 1. The van der Waals surface area contributed by atoms with Gasteiger partial charge < -0.3 is 25.1 Å². The van der Waals surface area contributed by atoms with E-state index in [9.17, 15) is 14.7 Å². The number of rotatable bonds is 5. The number of likely N-dealkylation sites (tertiary alicyclic amines) is 2. The summed E-state index contributed by atoms with van der Waals surface area (Å²) in [5.41, 5.74) is 5.27. The van der Waals surface area contributed by atoms with E-state index in [0.717, 1.165) is 51.0 Å². The smallest absolute Gasteiger partial charge is 0.272 e. The number of carbonyl (C=O) groups is 2. The molecule has 0 unspecified atom stereocenters. The second-order valence-corrected chi connectivity index (χ2v) is 12.8. The number of hydrogen-bond acceptors (Lipinski definition) is 9. The van der Waals surface area contributed by atoms with Crippen molar-refractivity contribution in [1.29, 1.82) is 0 Å². The first-order valence-corrected chi connectivity index (χ1v) is 16.3. The van der Waals surface area contributed by atoms with Gasteiger partial charge in [0.25, 0.3) is 5.91 Å². The Labute approximate surface area is 264 Å². The molecule has 0 bridgehead atoms. The van der Waals surface area contributed by atoms with Gasteiger partial charge in [-0.15, -0.1) is 0 Å². The maximum absolute atomic E-state index is 14.0. The molecule has 45 heavy (non-hydrogen) atoms. The third kappa shape index (κ3) is 6.37. The largest absolute Gasteiger partial charge is 0.390 e. The maximum Gasteiger partial charge on any atom is 0.272 e. The molecule has 236 valence electrons. The van der Waals surface area contributed by atoms with Crippen molar-refractivity contribution >= 4 is 23.6 Å². The molecule has 0 spiro atoms. The number of aliphatic hydroxyl groups excluding tert-OH is 1. The van der Waals surface area contributed by atoms with Gasteiger partial charge in [0.15, 0.2) is 0 Å². The van der Waals surface area contributed by atoms with E-state index < -0.39 is 6.10 Å². The molecular formula is C34H42N8O3. The third-order valence-corrected chi connectivity index (χ3v) is 9.95. The minimum Gasteiger partial charge on any atom is -0.390 e. The number of piperidine rings is 2. The molecule has 0 aliphatic carbocycles. The number of hydrogen-bond donors (Lipinski definition) is 2. The van der Waals surface area contributed by atoms with Gasteiger partial charge >= 0.3 is 0 Å². The summed E-state index contributed by atoms with van der Waals surface area (Å²) in [5.74, 6) is 1.02. The van der Waals surface area contributed by atoms with Crippen LogP contribution in [0.4, 0.5) is 11.8 Å². The van der Waals surface area contributed by atoms with Crippen molar-refractivity contribution in [3.05, 3.63) is 76.7 Å². The highest BCUT2D eigenvalue weighted by molar-refractivity contribution is 5.93. The molecule has 2 saturated heterocycles. The Balaban J connectivity index is 1.08. The van der Waals surface area contributed by atoms with E-state index in [1.807, 2.05) is 11.0 Å². The van der Waals surface area contributed by atoms with Crippen molar-refractivity contribution in [2.24, 2.45) is 0 Å². The summed E-state index contributed by atoms with van der Waals surface area (Å²) in [4.78, 5) is 48.2. The summed E-state index contributed by atoms with van der Waals surface area (Å²) in [6.07, 6.45) is 5.31. The summed E-state index contributed by atoms with van der Waals surface area (Å²) < 4.78 is 0. The average Bonchev–Trinajstić information content (AvgIpc) is 3.07. The number of benzene rings is 1. The molecule has 7 rings (SSSR count).